The summed E-state index contributed by atoms with van der Waals surface area (Å²) >= 11 is 6.77. The summed E-state index contributed by atoms with van der Waals surface area (Å²) in [6.45, 7) is 4.52. The van der Waals surface area contributed by atoms with Crippen molar-refractivity contribution in [1.29, 1.82) is 10.5 Å². The summed E-state index contributed by atoms with van der Waals surface area (Å²) in [5, 5.41) is 29.8. The third-order valence-electron chi connectivity index (χ3n) is 8.58. The fourth-order valence-electron chi connectivity index (χ4n) is 6.55. The molecule has 8 nitrogen and oxygen atoms in total. The highest BCUT2D eigenvalue weighted by atomic mass is 35.5. The van der Waals surface area contributed by atoms with Crippen molar-refractivity contribution in [2.24, 2.45) is 0 Å². The van der Waals surface area contributed by atoms with Crippen molar-refractivity contribution in [3.8, 4) is 18.0 Å². The fourth-order valence-corrected chi connectivity index (χ4v) is 6.84. The smallest absolute Gasteiger partial charge is 0.234 e. The Kier molecular flexibility index (Phi) is 9.19. The van der Waals surface area contributed by atoms with Crippen LogP contribution in [0.1, 0.15) is 47.6 Å². The van der Waals surface area contributed by atoms with E-state index in [4.69, 9.17) is 21.3 Å². The number of pyridine rings is 1. The van der Waals surface area contributed by atoms with Crippen molar-refractivity contribution in [3.63, 3.8) is 0 Å². The lowest BCUT2D eigenvalue weighted by atomic mass is 9.85. The van der Waals surface area contributed by atoms with Crippen LogP contribution in [-0.2, 0) is 6.42 Å². The molecule has 2 N–H and O–H groups in total. The van der Waals surface area contributed by atoms with Crippen LogP contribution in [-0.4, -0.2) is 68.3 Å². The second-order valence-electron chi connectivity index (χ2n) is 11.0. The van der Waals surface area contributed by atoms with E-state index < -0.39 is 0 Å². The van der Waals surface area contributed by atoms with Gasteiger partial charge in [0, 0.05) is 59.8 Å². The number of benzene rings is 2. The highest BCUT2D eigenvalue weighted by Crippen LogP contribution is 2.42. The number of likely N-dealkylation sites (tertiary alicyclic amines) is 1. The van der Waals surface area contributed by atoms with Crippen molar-refractivity contribution < 1.29 is 4.74 Å². The van der Waals surface area contributed by atoms with Crippen molar-refractivity contribution in [1.82, 2.24) is 20.5 Å². The SMILES string of the molecule is CN1CCC[C@H]1COc1nc(N2CCNC(CC#N)C2)c2c(c1C#N)C(c1cccc3cccc(Cl)c13)NCC2.Cl. The largest absolute Gasteiger partial charge is 0.475 e. The first-order valence-corrected chi connectivity index (χ1v) is 14.5. The van der Waals surface area contributed by atoms with E-state index in [9.17, 15) is 10.5 Å². The average Bonchev–Trinajstić information content (AvgIpc) is 3.39. The van der Waals surface area contributed by atoms with Crippen LogP contribution in [0.2, 0.25) is 5.02 Å². The molecule has 2 unspecified atom stereocenters. The monoisotopic (exact) mass is 591 g/mol. The van der Waals surface area contributed by atoms with E-state index in [1.54, 1.807) is 0 Å². The maximum atomic E-state index is 10.6. The Morgan fingerprint density at radius 1 is 1.12 bits per heavy atom. The Hall–Kier alpha value is -3.11. The molecule has 0 amide bonds. The molecule has 0 aliphatic carbocycles. The molecule has 0 radical (unpaired) electrons. The van der Waals surface area contributed by atoms with Gasteiger partial charge in [-0.1, -0.05) is 41.9 Å². The summed E-state index contributed by atoms with van der Waals surface area (Å²) in [7, 11) is 2.12. The number of ether oxygens (including phenoxy) is 1. The van der Waals surface area contributed by atoms with Crippen LogP contribution < -0.4 is 20.3 Å². The van der Waals surface area contributed by atoms with Gasteiger partial charge in [0.2, 0.25) is 5.88 Å². The molecule has 0 bridgehead atoms. The second-order valence-corrected chi connectivity index (χ2v) is 11.4. The maximum Gasteiger partial charge on any atom is 0.234 e. The predicted molar refractivity (Wildman–Crippen MR) is 164 cm³/mol. The van der Waals surface area contributed by atoms with E-state index in [0.717, 1.165) is 78.7 Å². The minimum absolute atomic E-state index is 0. The van der Waals surface area contributed by atoms with Crippen LogP contribution in [0.4, 0.5) is 5.82 Å². The lowest BCUT2D eigenvalue weighted by Gasteiger charge is -2.38. The summed E-state index contributed by atoms with van der Waals surface area (Å²) < 4.78 is 6.43. The number of rotatable bonds is 6. The Bertz CT molecular complexity index is 1500. The molecule has 214 valence electrons. The third-order valence-corrected chi connectivity index (χ3v) is 8.90. The van der Waals surface area contributed by atoms with Crippen molar-refractivity contribution in [2.75, 3.05) is 51.3 Å². The molecule has 0 spiro atoms. The highest BCUT2D eigenvalue weighted by Gasteiger charge is 2.34. The molecule has 2 saturated heterocycles. The zero-order chi connectivity index (χ0) is 27.6. The molecule has 10 heteroatoms. The molecule has 2 aromatic carbocycles. The van der Waals surface area contributed by atoms with Gasteiger partial charge in [0.15, 0.2) is 0 Å². The van der Waals surface area contributed by atoms with Gasteiger partial charge in [-0.2, -0.15) is 15.5 Å². The summed E-state index contributed by atoms with van der Waals surface area (Å²) in [6, 6.07) is 17.1. The number of piperazine rings is 1. The number of anilines is 1. The highest BCUT2D eigenvalue weighted by molar-refractivity contribution is 6.35. The Morgan fingerprint density at radius 3 is 2.71 bits per heavy atom. The number of likely N-dealkylation sites (N-methyl/N-ethyl adjacent to an activating group) is 1. The van der Waals surface area contributed by atoms with Gasteiger partial charge in [-0.3, -0.25) is 0 Å². The zero-order valence-electron chi connectivity index (χ0n) is 23.2. The molecule has 1 aromatic heterocycles. The third kappa shape index (κ3) is 5.68. The first kappa shape index (κ1) is 29.4. The molecule has 41 heavy (non-hydrogen) atoms. The second kappa shape index (κ2) is 12.8. The van der Waals surface area contributed by atoms with Gasteiger partial charge in [0.1, 0.15) is 24.1 Å². The first-order chi connectivity index (χ1) is 19.6. The molecular weight excluding hydrogens is 557 g/mol. The van der Waals surface area contributed by atoms with Gasteiger partial charge in [0.05, 0.1) is 18.5 Å². The summed E-state index contributed by atoms with van der Waals surface area (Å²) in [5.41, 5.74) is 3.54. The van der Waals surface area contributed by atoms with Gasteiger partial charge < -0.3 is 25.2 Å². The number of fused-ring (bicyclic) bond motifs is 2. The van der Waals surface area contributed by atoms with Crippen molar-refractivity contribution >= 4 is 40.6 Å². The molecule has 3 aliphatic rings. The molecular formula is C31H35Cl2N7O. The normalized spacial score (nSPS) is 22.4. The maximum absolute atomic E-state index is 10.6. The average molecular weight is 593 g/mol. The fraction of sp³-hybridized carbons (Fsp3) is 0.452. The molecule has 2 fully saturated rings. The van der Waals surface area contributed by atoms with Crippen LogP contribution in [0.25, 0.3) is 10.8 Å². The molecule has 3 aliphatic heterocycles. The number of nitriles is 2. The van der Waals surface area contributed by atoms with Crippen molar-refractivity contribution in [3.05, 3.63) is 63.7 Å². The quantitative estimate of drug-likeness (QED) is 0.429. The van der Waals surface area contributed by atoms with Gasteiger partial charge in [-0.25, -0.2) is 0 Å². The summed E-state index contributed by atoms with van der Waals surface area (Å²) in [4.78, 5) is 9.65. The minimum atomic E-state index is -0.238. The van der Waals surface area contributed by atoms with Crippen molar-refractivity contribution in [2.45, 2.75) is 43.8 Å². The van der Waals surface area contributed by atoms with E-state index in [2.05, 4.69) is 57.8 Å². The van der Waals surface area contributed by atoms with Gasteiger partial charge in [-0.05, 0) is 49.9 Å². The lowest BCUT2D eigenvalue weighted by Crippen LogP contribution is -2.51. The topological polar surface area (TPSA) is 100 Å². The number of nitrogens with zero attached hydrogens (tertiary/aromatic N) is 5. The summed E-state index contributed by atoms with van der Waals surface area (Å²) in [5.74, 6) is 1.26. The Labute approximate surface area is 252 Å². The van der Waals surface area contributed by atoms with Crippen LogP contribution in [0.5, 0.6) is 5.88 Å². The van der Waals surface area contributed by atoms with E-state index >= 15 is 0 Å². The number of aromatic nitrogens is 1. The van der Waals surface area contributed by atoms with Crippen LogP contribution in [0.15, 0.2) is 36.4 Å². The number of hydrogen-bond donors (Lipinski definition) is 2. The van der Waals surface area contributed by atoms with Gasteiger partial charge in [0.25, 0.3) is 0 Å². The molecule has 6 rings (SSSR count). The predicted octanol–water partition coefficient (Wildman–Crippen LogP) is 4.58. The molecule has 4 heterocycles. The van der Waals surface area contributed by atoms with E-state index in [1.165, 1.54) is 0 Å². The molecule has 0 saturated carbocycles. The summed E-state index contributed by atoms with van der Waals surface area (Å²) in [6.07, 6.45) is 3.40. The van der Waals surface area contributed by atoms with Gasteiger partial charge >= 0.3 is 0 Å². The molecule has 3 aromatic rings. The van der Waals surface area contributed by atoms with E-state index in [1.807, 2.05) is 18.2 Å². The van der Waals surface area contributed by atoms with Crippen LogP contribution in [0, 0.1) is 22.7 Å². The zero-order valence-corrected chi connectivity index (χ0v) is 24.8. The van der Waals surface area contributed by atoms with E-state index in [-0.39, 0.29) is 24.5 Å². The lowest BCUT2D eigenvalue weighted by molar-refractivity contribution is 0.192. The Balaban J connectivity index is 0.00000337. The number of hydrogen-bond acceptors (Lipinski definition) is 8. The van der Waals surface area contributed by atoms with Gasteiger partial charge in [-0.15, -0.1) is 12.4 Å². The van der Waals surface area contributed by atoms with Crippen LogP contribution in [0.3, 0.4) is 0 Å². The Morgan fingerprint density at radius 2 is 1.95 bits per heavy atom. The number of nitrogens with one attached hydrogen (secondary N) is 2. The van der Waals surface area contributed by atoms with E-state index in [0.29, 0.717) is 42.1 Å². The first-order valence-electron chi connectivity index (χ1n) is 14.1. The number of halogens is 2. The minimum Gasteiger partial charge on any atom is -0.475 e. The molecule has 3 atom stereocenters. The standard InChI is InChI=1S/C31H34ClN7O.ClH/c1-38-15-4-7-22(38)19-40-31-25(17-34)28-24(30(37-31)39-16-14-35-21(18-39)10-12-33)11-13-36-29(28)23-8-2-5-20-6-3-9-26(32)27(20)23;/h2-3,5-6,8-9,21-22,29,35-36H,4,7,10-11,13-16,18-19H2,1H3;1H/t21?,22-,29?;/m0./s1. The van der Waals surface area contributed by atoms with Crippen LogP contribution >= 0.6 is 24.0 Å².